The highest BCUT2D eigenvalue weighted by Gasteiger charge is 2.10. The molecular weight excluding hydrogens is 252 g/mol. The molecule has 0 radical (unpaired) electrons. The molecule has 3 N–H and O–H groups in total. The van der Waals surface area contributed by atoms with Crippen LogP contribution in [0.5, 0.6) is 0 Å². The largest absolute Gasteiger partial charge is 0.396 e. The molecule has 1 atom stereocenters. The summed E-state index contributed by atoms with van der Waals surface area (Å²) in [6, 6.07) is 6.58. The third-order valence-corrected chi connectivity index (χ3v) is 4.14. The minimum absolute atomic E-state index is 0.183. The number of aliphatic hydroxyl groups is 1. The average Bonchev–Trinajstić information content (AvgIpc) is 2.37. The molecule has 0 aliphatic rings. The van der Waals surface area contributed by atoms with Crippen molar-refractivity contribution in [1.29, 1.82) is 0 Å². The molecule has 0 bridgehead atoms. The van der Waals surface area contributed by atoms with E-state index in [1.165, 1.54) is 7.05 Å². The number of anilines is 1. The lowest BCUT2D eigenvalue weighted by atomic mass is 10.1. The zero-order chi connectivity index (χ0) is 13.6. The van der Waals surface area contributed by atoms with Gasteiger partial charge in [0, 0.05) is 18.8 Å². The van der Waals surface area contributed by atoms with Crippen molar-refractivity contribution in [2.75, 3.05) is 25.5 Å². The molecule has 1 unspecified atom stereocenters. The van der Waals surface area contributed by atoms with Gasteiger partial charge in [0.2, 0.25) is 10.0 Å². The molecule has 1 aromatic rings. The van der Waals surface area contributed by atoms with Crippen molar-refractivity contribution in [2.24, 2.45) is 5.92 Å². The Labute approximate surface area is 108 Å². The summed E-state index contributed by atoms with van der Waals surface area (Å²) >= 11 is 0. The van der Waals surface area contributed by atoms with Crippen molar-refractivity contribution in [2.45, 2.75) is 18.2 Å². The number of hydrogen-bond donors (Lipinski definition) is 3. The van der Waals surface area contributed by atoms with Crippen LogP contribution in [-0.4, -0.2) is 33.7 Å². The molecule has 1 rings (SSSR count). The van der Waals surface area contributed by atoms with Gasteiger partial charge in [-0.15, -0.1) is 0 Å². The van der Waals surface area contributed by atoms with Crippen LogP contribution < -0.4 is 10.0 Å². The summed E-state index contributed by atoms with van der Waals surface area (Å²) in [4.78, 5) is 0.249. The highest BCUT2D eigenvalue weighted by atomic mass is 32.2. The van der Waals surface area contributed by atoms with E-state index in [9.17, 15) is 8.42 Å². The second-order valence-corrected chi connectivity index (χ2v) is 6.12. The summed E-state index contributed by atoms with van der Waals surface area (Å²) in [5.74, 6) is 0.371. The highest BCUT2D eigenvalue weighted by molar-refractivity contribution is 7.89. The molecule has 0 saturated carbocycles. The molecule has 6 heteroatoms. The Kier molecular flexibility index (Phi) is 5.58. The maximum Gasteiger partial charge on any atom is 0.240 e. The molecule has 102 valence electrons. The van der Waals surface area contributed by atoms with Gasteiger partial charge in [-0.3, -0.25) is 0 Å². The summed E-state index contributed by atoms with van der Waals surface area (Å²) in [5.41, 5.74) is 0.870. The SMILES string of the molecule is CNS(=O)(=O)c1ccc(NCC(C)CCO)cc1. The van der Waals surface area contributed by atoms with Crippen LogP contribution in [0.2, 0.25) is 0 Å². The smallest absolute Gasteiger partial charge is 0.240 e. The van der Waals surface area contributed by atoms with Gasteiger partial charge in [-0.05, 0) is 43.7 Å². The van der Waals surface area contributed by atoms with E-state index in [2.05, 4.69) is 10.0 Å². The molecule has 0 amide bonds. The molecule has 0 heterocycles. The Hall–Kier alpha value is -1.11. The van der Waals surface area contributed by atoms with Gasteiger partial charge in [-0.1, -0.05) is 6.92 Å². The lowest BCUT2D eigenvalue weighted by Gasteiger charge is -2.12. The molecule has 5 nitrogen and oxygen atoms in total. The van der Waals surface area contributed by atoms with Gasteiger partial charge in [0.15, 0.2) is 0 Å². The van der Waals surface area contributed by atoms with Gasteiger partial charge in [0.1, 0.15) is 0 Å². The number of sulfonamides is 1. The van der Waals surface area contributed by atoms with Crippen LogP contribution in [0.1, 0.15) is 13.3 Å². The van der Waals surface area contributed by atoms with E-state index in [0.29, 0.717) is 5.92 Å². The highest BCUT2D eigenvalue weighted by Crippen LogP contribution is 2.14. The van der Waals surface area contributed by atoms with Crippen molar-refractivity contribution in [3.8, 4) is 0 Å². The van der Waals surface area contributed by atoms with Crippen molar-refractivity contribution in [3.05, 3.63) is 24.3 Å². The Balaban J connectivity index is 2.61. The van der Waals surface area contributed by atoms with E-state index in [1.807, 2.05) is 6.92 Å². The summed E-state index contributed by atoms with van der Waals surface area (Å²) in [5, 5.41) is 12.0. The molecule has 0 spiro atoms. The van der Waals surface area contributed by atoms with Crippen LogP contribution >= 0.6 is 0 Å². The van der Waals surface area contributed by atoms with E-state index < -0.39 is 10.0 Å². The summed E-state index contributed by atoms with van der Waals surface area (Å²) in [6.45, 7) is 2.98. The lowest BCUT2D eigenvalue weighted by Crippen LogP contribution is -2.18. The molecular formula is C12H20N2O3S. The van der Waals surface area contributed by atoms with Gasteiger partial charge in [0.05, 0.1) is 4.90 Å². The van der Waals surface area contributed by atoms with E-state index in [4.69, 9.17) is 5.11 Å². The summed E-state index contributed by atoms with van der Waals surface area (Å²) < 4.78 is 25.3. The van der Waals surface area contributed by atoms with E-state index in [-0.39, 0.29) is 11.5 Å². The van der Waals surface area contributed by atoms with Crippen molar-refractivity contribution in [3.63, 3.8) is 0 Å². The number of nitrogens with one attached hydrogen (secondary N) is 2. The molecule has 18 heavy (non-hydrogen) atoms. The van der Waals surface area contributed by atoms with Gasteiger partial charge in [-0.25, -0.2) is 13.1 Å². The van der Waals surface area contributed by atoms with E-state index in [1.54, 1.807) is 24.3 Å². The fourth-order valence-corrected chi connectivity index (χ4v) is 2.21. The number of benzene rings is 1. The Bertz CT molecular complexity index is 457. The summed E-state index contributed by atoms with van der Waals surface area (Å²) in [7, 11) is -1.98. The predicted molar refractivity (Wildman–Crippen MR) is 72.0 cm³/mol. The zero-order valence-corrected chi connectivity index (χ0v) is 11.5. The second kappa shape index (κ2) is 6.72. The molecule has 0 saturated heterocycles. The quantitative estimate of drug-likeness (QED) is 0.692. The first-order valence-corrected chi connectivity index (χ1v) is 7.36. The van der Waals surface area contributed by atoms with Crippen LogP contribution in [0.3, 0.4) is 0 Å². The van der Waals surface area contributed by atoms with Gasteiger partial charge >= 0.3 is 0 Å². The lowest BCUT2D eigenvalue weighted by molar-refractivity contribution is 0.266. The normalized spacial score (nSPS) is 13.3. The number of rotatable bonds is 7. The maximum absolute atomic E-state index is 11.5. The minimum atomic E-state index is -3.37. The predicted octanol–water partition coefficient (Wildman–Crippen LogP) is 1.03. The van der Waals surface area contributed by atoms with Gasteiger partial charge in [-0.2, -0.15) is 0 Å². The average molecular weight is 272 g/mol. The van der Waals surface area contributed by atoms with Crippen molar-refractivity contribution >= 4 is 15.7 Å². The van der Waals surface area contributed by atoms with Gasteiger partial charge in [0.25, 0.3) is 0 Å². The van der Waals surface area contributed by atoms with Crippen molar-refractivity contribution in [1.82, 2.24) is 4.72 Å². The first-order chi connectivity index (χ1) is 8.49. The molecule has 0 aliphatic carbocycles. The van der Waals surface area contributed by atoms with Crippen LogP contribution in [0, 0.1) is 5.92 Å². The molecule has 0 aromatic heterocycles. The molecule has 0 aliphatic heterocycles. The van der Waals surface area contributed by atoms with Crippen molar-refractivity contribution < 1.29 is 13.5 Å². The Morgan fingerprint density at radius 3 is 2.39 bits per heavy atom. The maximum atomic E-state index is 11.5. The Morgan fingerprint density at radius 1 is 1.28 bits per heavy atom. The van der Waals surface area contributed by atoms with Crippen LogP contribution in [0.4, 0.5) is 5.69 Å². The fourth-order valence-electron chi connectivity index (χ4n) is 1.48. The molecule has 1 aromatic carbocycles. The molecule has 0 fully saturated rings. The standard InChI is InChI=1S/C12H20N2O3S/c1-10(7-8-15)9-14-11-3-5-12(6-4-11)18(16,17)13-2/h3-6,10,13-15H,7-9H2,1-2H3. The second-order valence-electron chi connectivity index (χ2n) is 4.23. The fraction of sp³-hybridized carbons (Fsp3) is 0.500. The van der Waals surface area contributed by atoms with Gasteiger partial charge < -0.3 is 10.4 Å². The number of aliphatic hydroxyl groups excluding tert-OH is 1. The minimum Gasteiger partial charge on any atom is -0.396 e. The third kappa shape index (κ3) is 4.29. The number of hydrogen-bond acceptors (Lipinski definition) is 4. The monoisotopic (exact) mass is 272 g/mol. The van der Waals surface area contributed by atoms with E-state index >= 15 is 0 Å². The Morgan fingerprint density at radius 2 is 1.89 bits per heavy atom. The van der Waals surface area contributed by atoms with Crippen LogP contribution in [0.25, 0.3) is 0 Å². The zero-order valence-electron chi connectivity index (χ0n) is 10.7. The van der Waals surface area contributed by atoms with Crippen LogP contribution in [-0.2, 0) is 10.0 Å². The third-order valence-electron chi connectivity index (χ3n) is 2.71. The first kappa shape index (κ1) is 14.9. The van der Waals surface area contributed by atoms with Crippen LogP contribution in [0.15, 0.2) is 29.2 Å². The van der Waals surface area contributed by atoms with E-state index in [0.717, 1.165) is 18.7 Å². The summed E-state index contributed by atoms with van der Waals surface area (Å²) in [6.07, 6.45) is 0.749. The first-order valence-electron chi connectivity index (χ1n) is 5.88. The topological polar surface area (TPSA) is 78.4 Å².